The van der Waals surface area contributed by atoms with E-state index in [1.807, 2.05) is 60.7 Å². The third-order valence-corrected chi connectivity index (χ3v) is 3.65. The second kappa shape index (κ2) is 5.61. The Kier molecular flexibility index (Phi) is 3.89. The highest BCUT2D eigenvalue weighted by Gasteiger charge is 2.02. The highest BCUT2D eigenvalue weighted by molar-refractivity contribution is 7.83. The number of rotatable bonds is 4. The maximum atomic E-state index is 11.9. The van der Waals surface area contributed by atoms with Gasteiger partial charge in [0.1, 0.15) is 0 Å². The third-order valence-electron chi connectivity index (χ3n) is 2.34. The second-order valence-electron chi connectivity index (χ2n) is 3.70. The lowest BCUT2D eigenvalue weighted by Gasteiger charge is -2.02. The second-order valence-corrected chi connectivity index (χ2v) is 5.16. The summed E-state index contributed by atoms with van der Waals surface area (Å²) in [5, 5.41) is 0. The van der Waals surface area contributed by atoms with Crippen molar-refractivity contribution in [3.05, 3.63) is 71.8 Å². The highest BCUT2D eigenvalue weighted by atomic mass is 32.2. The SMILES string of the molecule is O=S(Cc1ccccc1)Cc1ccccc1. The van der Waals surface area contributed by atoms with Gasteiger partial charge in [-0.1, -0.05) is 60.7 Å². The molecule has 0 aliphatic rings. The summed E-state index contributed by atoms with van der Waals surface area (Å²) in [4.78, 5) is 0. The summed E-state index contributed by atoms with van der Waals surface area (Å²) in [5.74, 6) is 1.27. The molecule has 82 valence electrons. The molecule has 0 saturated carbocycles. The molecule has 2 rings (SSSR count). The molecule has 0 amide bonds. The molecule has 0 radical (unpaired) electrons. The van der Waals surface area contributed by atoms with Gasteiger partial charge in [0.15, 0.2) is 0 Å². The first-order valence-electron chi connectivity index (χ1n) is 5.27. The van der Waals surface area contributed by atoms with Crippen LogP contribution in [0.15, 0.2) is 60.7 Å². The Morgan fingerprint density at radius 2 is 1.06 bits per heavy atom. The number of hydrogen-bond acceptors (Lipinski definition) is 1. The van der Waals surface area contributed by atoms with Crippen molar-refractivity contribution in [2.75, 3.05) is 0 Å². The summed E-state index contributed by atoms with van der Waals surface area (Å²) >= 11 is 0. The van der Waals surface area contributed by atoms with Crippen LogP contribution in [0.2, 0.25) is 0 Å². The van der Waals surface area contributed by atoms with Gasteiger partial charge < -0.3 is 0 Å². The van der Waals surface area contributed by atoms with E-state index in [9.17, 15) is 4.21 Å². The molecule has 0 saturated heterocycles. The van der Waals surface area contributed by atoms with Gasteiger partial charge >= 0.3 is 0 Å². The van der Waals surface area contributed by atoms with E-state index in [4.69, 9.17) is 0 Å². The van der Waals surface area contributed by atoms with Crippen LogP contribution in [-0.4, -0.2) is 4.21 Å². The molecule has 0 unspecified atom stereocenters. The molecule has 1 nitrogen and oxygen atoms in total. The minimum absolute atomic E-state index is 0.635. The lowest BCUT2D eigenvalue weighted by molar-refractivity contribution is 0.682. The predicted molar refractivity (Wildman–Crippen MR) is 68.4 cm³/mol. The van der Waals surface area contributed by atoms with Gasteiger partial charge in [-0.25, -0.2) is 0 Å². The maximum absolute atomic E-state index is 11.9. The summed E-state index contributed by atoms with van der Waals surface area (Å²) in [6.07, 6.45) is 0. The topological polar surface area (TPSA) is 17.1 Å². The fraction of sp³-hybridized carbons (Fsp3) is 0.143. The lowest BCUT2D eigenvalue weighted by atomic mass is 10.2. The van der Waals surface area contributed by atoms with Crippen molar-refractivity contribution in [1.82, 2.24) is 0 Å². The molecule has 0 aliphatic heterocycles. The van der Waals surface area contributed by atoms with E-state index in [0.29, 0.717) is 11.5 Å². The van der Waals surface area contributed by atoms with Crippen LogP contribution in [0, 0.1) is 0 Å². The molecule has 0 N–H and O–H groups in total. The summed E-state index contributed by atoms with van der Waals surface area (Å²) in [6, 6.07) is 19.9. The van der Waals surface area contributed by atoms with Gasteiger partial charge in [0.25, 0.3) is 0 Å². The van der Waals surface area contributed by atoms with Crippen LogP contribution in [0.3, 0.4) is 0 Å². The molecule has 0 bridgehead atoms. The van der Waals surface area contributed by atoms with Crippen molar-refractivity contribution in [3.8, 4) is 0 Å². The van der Waals surface area contributed by atoms with E-state index in [0.717, 1.165) is 11.1 Å². The molecule has 0 heterocycles. The largest absolute Gasteiger partial charge is 0.259 e. The van der Waals surface area contributed by atoms with Crippen molar-refractivity contribution >= 4 is 10.8 Å². The van der Waals surface area contributed by atoms with Crippen molar-refractivity contribution in [2.45, 2.75) is 11.5 Å². The minimum atomic E-state index is -0.822. The Hall–Kier alpha value is -1.41. The molecule has 2 heteroatoms. The zero-order chi connectivity index (χ0) is 11.2. The highest BCUT2D eigenvalue weighted by Crippen LogP contribution is 2.08. The van der Waals surface area contributed by atoms with Crippen molar-refractivity contribution in [3.63, 3.8) is 0 Å². The first-order chi connectivity index (χ1) is 7.84. The zero-order valence-electron chi connectivity index (χ0n) is 9.00. The average Bonchev–Trinajstić information content (AvgIpc) is 2.31. The third kappa shape index (κ3) is 3.31. The molecule has 16 heavy (non-hydrogen) atoms. The molecule has 0 fully saturated rings. The van der Waals surface area contributed by atoms with Crippen LogP contribution in [0.4, 0.5) is 0 Å². The van der Waals surface area contributed by atoms with Crippen LogP contribution < -0.4 is 0 Å². The predicted octanol–water partition coefficient (Wildman–Crippen LogP) is 3.14. The smallest absolute Gasteiger partial charge is 0.0489 e. The summed E-state index contributed by atoms with van der Waals surface area (Å²) in [5.41, 5.74) is 2.27. The first-order valence-corrected chi connectivity index (χ1v) is 6.76. The molecule has 0 atom stereocenters. The molecule has 2 aromatic rings. The van der Waals surface area contributed by atoms with Gasteiger partial charge in [-0.2, -0.15) is 0 Å². The zero-order valence-corrected chi connectivity index (χ0v) is 9.82. The quantitative estimate of drug-likeness (QED) is 0.788. The molecule has 2 aromatic carbocycles. The summed E-state index contributed by atoms with van der Waals surface area (Å²) < 4.78 is 11.9. The van der Waals surface area contributed by atoms with Gasteiger partial charge in [-0.05, 0) is 11.1 Å². The van der Waals surface area contributed by atoms with Crippen LogP contribution in [0.25, 0.3) is 0 Å². The normalized spacial score (nSPS) is 10.6. The Morgan fingerprint density at radius 3 is 1.44 bits per heavy atom. The van der Waals surface area contributed by atoms with Gasteiger partial charge in [0, 0.05) is 22.3 Å². The lowest BCUT2D eigenvalue weighted by Crippen LogP contribution is -1.99. The fourth-order valence-electron chi connectivity index (χ4n) is 1.57. The Morgan fingerprint density at radius 1 is 0.688 bits per heavy atom. The van der Waals surface area contributed by atoms with E-state index in [1.165, 1.54) is 0 Å². The number of hydrogen-bond donors (Lipinski definition) is 0. The molecule has 0 spiro atoms. The van der Waals surface area contributed by atoms with Crippen molar-refractivity contribution < 1.29 is 4.21 Å². The van der Waals surface area contributed by atoms with E-state index in [1.54, 1.807) is 0 Å². The van der Waals surface area contributed by atoms with Crippen LogP contribution in [-0.2, 0) is 22.3 Å². The maximum Gasteiger partial charge on any atom is 0.0489 e. The first kappa shape index (κ1) is 11.1. The standard InChI is InChI=1S/C14H14OS/c15-16(11-13-7-3-1-4-8-13)12-14-9-5-2-6-10-14/h1-10H,11-12H2. The van der Waals surface area contributed by atoms with Crippen LogP contribution in [0.5, 0.6) is 0 Å². The minimum Gasteiger partial charge on any atom is -0.259 e. The van der Waals surface area contributed by atoms with E-state index < -0.39 is 10.8 Å². The molecule has 0 aromatic heterocycles. The Labute approximate surface area is 98.6 Å². The van der Waals surface area contributed by atoms with Crippen molar-refractivity contribution in [1.29, 1.82) is 0 Å². The molecule has 0 aliphatic carbocycles. The summed E-state index contributed by atoms with van der Waals surface area (Å²) in [7, 11) is -0.822. The van der Waals surface area contributed by atoms with Gasteiger partial charge in [-0.15, -0.1) is 0 Å². The Bertz CT molecular complexity index is 407. The van der Waals surface area contributed by atoms with Gasteiger partial charge in [0.2, 0.25) is 0 Å². The Balaban J connectivity index is 1.95. The average molecular weight is 230 g/mol. The van der Waals surface area contributed by atoms with Crippen LogP contribution in [0.1, 0.15) is 11.1 Å². The fourth-order valence-corrected chi connectivity index (χ4v) is 2.80. The van der Waals surface area contributed by atoms with Gasteiger partial charge in [-0.3, -0.25) is 4.21 Å². The van der Waals surface area contributed by atoms with E-state index in [2.05, 4.69) is 0 Å². The molecular weight excluding hydrogens is 216 g/mol. The van der Waals surface area contributed by atoms with E-state index in [-0.39, 0.29) is 0 Å². The number of benzene rings is 2. The molecular formula is C14H14OS. The van der Waals surface area contributed by atoms with Crippen molar-refractivity contribution in [2.24, 2.45) is 0 Å². The monoisotopic (exact) mass is 230 g/mol. The summed E-state index contributed by atoms with van der Waals surface area (Å²) in [6.45, 7) is 0. The van der Waals surface area contributed by atoms with Gasteiger partial charge in [0.05, 0.1) is 0 Å². The van der Waals surface area contributed by atoms with Crippen LogP contribution >= 0.6 is 0 Å². The van der Waals surface area contributed by atoms with E-state index >= 15 is 0 Å².